The Hall–Kier alpha value is -1.95. The fourth-order valence-corrected chi connectivity index (χ4v) is 6.01. The van der Waals surface area contributed by atoms with Crippen LogP contribution >= 0.6 is 11.5 Å². The molecule has 5 rings (SSSR count). The molecule has 4 heterocycles. The van der Waals surface area contributed by atoms with E-state index in [-0.39, 0.29) is 36.1 Å². The zero-order chi connectivity index (χ0) is 21.1. The molecule has 2 atom stereocenters. The third kappa shape index (κ3) is 3.64. The van der Waals surface area contributed by atoms with E-state index in [1.165, 1.54) is 0 Å². The number of hydrogen-bond donors (Lipinski definition) is 1. The van der Waals surface area contributed by atoms with E-state index >= 15 is 0 Å². The van der Waals surface area contributed by atoms with Gasteiger partial charge in [0.1, 0.15) is 11.6 Å². The number of ether oxygens (including phenoxy) is 1. The Balaban J connectivity index is 1.08. The van der Waals surface area contributed by atoms with Crippen LogP contribution in [0.5, 0.6) is 0 Å². The Morgan fingerprint density at radius 2 is 2.07 bits per heavy atom. The molecule has 1 saturated carbocycles. The number of fused-ring (bicyclic) bond motifs is 1. The third-order valence-corrected chi connectivity index (χ3v) is 7.28. The summed E-state index contributed by atoms with van der Waals surface area (Å²) in [5.41, 5.74) is 0.0956. The lowest BCUT2D eigenvalue weighted by molar-refractivity contribution is -0.144. The van der Waals surface area contributed by atoms with Gasteiger partial charge in [0.05, 0.1) is 12.1 Å². The van der Waals surface area contributed by atoms with Gasteiger partial charge in [0, 0.05) is 38.0 Å². The first-order chi connectivity index (χ1) is 14.2. The number of alkyl halides is 3. The SMILES string of the molecule is O=C1CO[C@H]2CCN(C(=O)N3CC4(CC(Cc5nc(C(F)(F)F)ns5)C4)C3)C[C@H]2N1. The number of carbonyl (C=O) groups excluding carboxylic acids is 2. The van der Waals surface area contributed by atoms with E-state index in [1.54, 1.807) is 4.90 Å². The summed E-state index contributed by atoms with van der Waals surface area (Å²) in [6, 6.07) is -0.165. The van der Waals surface area contributed by atoms with Crippen LogP contribution in [0.1, 0.15) is 30.1 Å². The van der Waals surface area contributed by atoms with E-state index < -0.39 is 12.0 Å². The molecule has 3 saturated heterocycles. The first-order valence-electron chi connectivity index (χ1n) is 10.1. The monoisotopic (exact) mass is 445 g/mol. The molecule has 0 unspecified atom stereocenters. The van der Waals surface area contributed by atoms with Crippen molar-refractivity contribution in [2.75, 3.05) is 32.8 Å². The number of morpholine rings is 1. The van der Waals surface area contributed by atoms with Crippen molar-refractivity contribution in [2.24, 2.45) is 11.3 Å². The van der Waals surface area contributed by atoms with Crippen molar-refractivity contribution in [1.29, 1.82) is 0 Å². The number of amides is 3. The predicted molar refractivity (Wildman–Crippen MR) is 98.6 cm³/mol. The second-order valence-corrected chi connectivity index (χ2v) is 9.72. The largest absolute Gasteiger partial charge is 0.452 e. The molecule has 3 amide bonds. The number of piperidine rings is 1. The molecule has 4 aliphatic rings. The van der Waals surface area contributed by atoms with Crippen molar-refractivity contribution in [3.05, 3.63) is 10.8 Å². The highest BCUT2D eigenvalue weighted by Gasteiger charge is 2.54. The number of hydrogen-bond acceptors (Lipinski definition) is 6. The average molecular weight is 445 g/mol. The van der Waals surface area contributed by atoms with Crippen LogP contribution in [0.4, 0.5) is 18.0 Å². The van der Waals surface area contributed by atoms with Crippen molar-refractivity contribution < 1.29 is 27.5 Å². The first kappa shape index (κ1) is 20.0. The maximum atomic E-state index is 12.8. The molecule has 164 valence electrons. The molecular formula is C18H22F3N5O3S. The van der Waals surface area contributed by atoms with Gasteiger partial charge >= 0.3 is 12.2 Å². The van der Waals surface area contributed by atoms with Gasteiger partial charge < -0.3 is 19.9 Å². The highest BCUT2D eigenvalue weighted by molar-refractivity contribution is 7.05. The number of rotatable bonds is 2. The maximum Gasteiger partial charge on any atom is 0.452 e. The molecule has 1 aromatic rings. The van der Waals surface area contributed by atoms with Crippen molar-refractivity contribution >= 4 is 23.5 Å². The van der Waals surface area contributed by atoms with Crippen LogP contribution in [0, 0.1) is 11.3 Å². The number of likely N-dealkylation sites (tertiary alicyclic amines) is 2. The molecule has 0 radical (unpaired) electrons. The smallest absolute Gasteiger partial charge is 0.366 e. The molecule has 4 fully saturated rings. The molecule has 30 heavy (non-hydrogen) atoms. The average Bonchev–Trinajstić information content (AvgIpc) is 3.10. The summed E-state index contributed by atoms with van der Waals surface area (Å²) in [6.45, 7) is 2.51. The molecule has 1 spiro atoms. The second-order valence-electron chi connectivity index (χ2n) is 8.88. The minimum atomic E-state index is -4.49. The van der Waals surface area contributed by atoms with Crippen LogP contribution in [0.25, 0.3) is 0 Å². The first-order valence-corrected chi connectivity index (χ1v) is 10.8. The van der Waals surface area contributed by atoms with E-state index in [9.17, 15) is 22.8 Å². The summed E-state index contributed by atoms with van der Waals surface area (Å²) >= 11 is 0.821. The van der Waals surface area contributed by atoms with Gasteiger partial charge in [-0.3, -0.25) is 4.79 Å². The van der Waals surface area contributed by atoms with Gasteiger partial charge in [0.2, 0.25) is 11.7 Å². The van der Waals surface area contributed by atoms with E-state index in [1.807, 2.05) is 4.90 Å². The lowest BCUT2D eigenvalue weighted by Crippen LogP contribution is -2.68. The summed E-state index contributed by atoms with van der Waals surface area (Å²) in [4.78, 5) is 31.5. The lowest BCUT2D eigenvalue weighted by Gasteiger charge is -2.60. The third-order valence-electron chi connectivity index (χ3n) is 6.55. The minimum absolute atomic E-state index is 0.0127. The van der Waals surface area contributed by atoms with Crippen LogP contribution in [0.3, 0.4) is 0 Å². The molecule has 1 N–H and O–H groups in total. The van der Waals surface area contributed by atoms with Gasteiger partial charge in [-0.05, 0) is 36.7 Å². The summed E-state index contributed by atoms with van der Waals surface area (Å²) in [7, 11) is 0. The molecule has 8 nitrogen and oxygen atoms in total. The quantitative estimate of drug-likeness (QED) is 0.746. The van der Waals surface area contributed by atoms with Gasteiger partial charge in [0.25, 0.3) is 0 Å². The van der Waals surface area contributed by atoms with Crippen LogP contribution in [0.2, 0.25) is 0 Å². The van der Waals surface area contributed by atoms with E-state index in [0.29, 0.717) is 49.9 Å². The topological polar surface area (TPSA) is 87.7 Å². The minimum Gasteiger partial charge on any atom is -0.366 e. The molecule has 1 aliphatic carbocycles. The zero-order valence-electron chi connectivity index (χ0n) is 16.2. The maximum absolute atomic E-state index is 12.8. The number of aromatic nitrogens is 2. The van der Waals surface area contributed by atoms with E-state index in [0.717, 1.165) is 24.4 Å². The van der Waals surface area contributed by atoms with Crippen molar-refractivity contribution in [1.82, 2.24) is 24.5 Å². The lowest BCUT2D eigenvalue weighted by atomic mass is 9.57. The summed E-state index contributed by atoms with van der Waals surface area (Å²) in [6.07, 6.45) is -1.51. The molecule has 12 heteroatoms. The van der Waals surface area contributed by atoms with Crippen LogP contribution in [-0.4, -0.2) is 76.0 Å². The second kappa shape index (κ2) is 7.04. The van der Waals surface area contributed by atoms with Gasteiger partial charge in [-0.1, -0.05) is 0 Å². The summed E-state index contributed by atoms with van der Waals surface area (Å²) < 4.78 is 46.8. The Labute approximate surface area is 174 Å². The highest BCUT2D eigenvalue weighted by atomic mass is 32.1. The standard InChI is InChI=1S/C18H22F3N5O3S/c19-18(20,21)15-23-14(30-24-15)3-10-4-17(5-10)8-26(9-17)16(28)25-2-1-12-11(6-25)22-13(27)7-29-12/h10-12H,1-9H2,(H,22,27)/t11-,12+/m1/s1. The van der Waals surface area contributed by atoms with Crippen molar-refractivity contribution in [3.63, 3.8) is 0 Å². The van der Waals surface area contributed by atoms with Crippen molar-refractivity contribution in [3.8, 4) is 0 Å². The highest BCUT2D eigenvalue weighted by Crippen LogP contribution is 2.53. The number of urea groups is 1. The Kier molecular flexibility index (Phi) is 4.69. The molecular weight excluding hydrogens is 423 g/mol. The van der Waals surface area contributed by atoms with Crippen molar-refractivity contribution in [2.45, 2.75) is 44.0 Å². The molecule has 1 aromatic heterocycles. The van der Waals surface area contributed by atoms with E-state index in [2.05, 4.69) is 14.7 Å². The van der Waals surface area contributed by atoms with Gasteiger partial charge in [-0.15, -0.1) is 0 Å². The predicted octanol–water partition coefficient (Wildman–Crippen LogP) is 1.52. The normalized spacial score (nSPS) is 28.6. The Morgan fingerprint density at radius 3 is 2.77 bits per heavy atom. The van der Waals surface area contributed by atoms with E-state index in [4.69, 9.17) is 4.74 Å². The van der Waals surface area contributed by atoms with Gasteiger partial charge in [-0.25, -0.2) is 9.78 Å². The molecule has 0 bridgehead atoms. The number of nitrogens with one attached hydrogen (secondary N) is 1. The summed E-state index contributed by atoms with van der Waals surface area (Å²) in [5.74, 6) is -0.909. The van der Waals surface area contributed by atoms with Gasteiger partial charge in [-0.2, -0.15) is 17.5 Å². The number of carbonyl (C=O) groups is 2. The summed E-state index contributed by atoms with van der Waals surface area (Å²) in [5, 5.41) is 3.32. The van der Waals surface area contributed by atoms with Crippen LogP contribution in [0.15, 0.2) is 0 Å². The number of nitrogens with zero attached hydrogens (tertiary/aromatic N) is 4. The van der Waals surface area contributed by atoms with Crippen LogP contribution < -0.4 is 5.32 Å². The van der Waals surface area contributed by atoms with Crippen LogP contribution in [-0.2, 0) is 22.1 Å². The molecule has 3 aliphatic heterocycles. The fraction of sp³-hybridized carbons (Fsp3) is 0.778. The molecule has 0 aromatic carbocycles. The zero-order valence-corrected chi connectivity index (χ0v) is 17.0. The number of halogens is 3. The Bertz CT molecular complexity index is 848. The fourth-order valence-electron chi connectivity index (χ4n) is 5.24. The Morgan fingerprint density at radius 1 is 1.30 bits per heavy atom. The van der Waals surface area contributed by atoms with Gasteiger partial charge in [0.15, 0.2) is 0 Å².